The molecule has 1 amide bonds. The number of hydrogen-bond acceptors (Lipinski definition) is 5. The van der Waals surface area contributed by atoms with Gasteiger partial charge in [-0.05, 0) is 44.4 Å². The molecule has 0 atom stereocenters. The van der Waals surface area contributed by atoms with E-state index in [2.05, 4.69) is 10.3 Å². The summed E-state index contributed by atoms with van der Waals surface area (Å²) in [5.74, 6) is -0.497. The first-order valence-corrected chi connectivity index (χ1v) is 9.76. The second kappa shape index (κ2) is 8.99. The molecule has 6 nitrogen and oxygen atoms in total. The third-order valence-electron chi connectivity index (χ3n) is 4.02. The highest BCUT2D eigenvalue weighted by molar-refractivity contribution is 7.99. The van der Waals surface area contributed by atoms with Gasteiger partial charge in [0.25, 0.3) is 5.56 Å². The maximum atomic E-state index is 13.7. The van der Waals surface area contributed by atoms with E-state index in [1.54, 1.807) is 30.3 Å². The van der Waals surface area contributed by atoms with Crippen molar-refractivity contribution in [1.29, 1.82) is 0 Å². The van der Waals surface area contributed by atoms with Crippen LogP contribution >= 0.6 is 11.8 Å². The number of nitrogens with one attached hydrogen (secondary N) is 1. The fourth-order valence-corrected chi connectivity index (χ4v) is 3.49. The third kappa shape index (κ3) is 4.76. The second-order valence-corrected chi connectivity index (χ2v) is 7.42. The highest BCUT2D eigenvalue weighted by Gasteiger charge is 2.15. The molecule has 3 aromatic rings. The van der Waals surface area contributed by atoms with Crippen molar-refractivity contribution >= 4 is 28.6 Å². The lowest BCUT2D eigenvalue weighted by atomic mass is 10.2. The van der Waals surface area contributed by atoms with E-state index >= 15 is 0 Å². The lowest BCUT2D eigenvalue weighted by Gasteiger charge is -2.14. The predicted molar refractivity (Wildman–Crippen MR) is 110 cm³/mol. The number of nitrogens with zero attached hydrogens (tertiary/aromatic N) is 3. The van der Waals surface area contributed by atoms with Gasteiger partial charge in [-0.2, -0.15) is 0 Å². The molecule has 8 heteroatoms. The molecular formula is C20H21FN4O2S. The summed E-state index contributed by atoms with van der Waals surface area (Å²) >= 11 is 1.15. The van der Waals surface area contributed by atoms with Crippen LogP contribution in [0.4, 0.5) is 4.39 Å². The summed E-state index contributed by atoms with van der Waals surface area (Å²) in [6.07, 6.45) is 0. The van der Waals surface area contributed by atoms with E-state index in [4.69, 9.17) is 0 Å². The zero-order valence-corrected chi connectivity index (χ0v) is 16.5. The number of halogens is 1. The van der Waals surface area contributed by atoms with E-state index in [1.807, 2.05) is 19.0 Å². The molecule has 1 aromatic heterocycles. The Balaban J connectivity index is 1.93. The van der Waals surface area contributed by atoms with Crippen LogP contribution in [-0.4, -0.2) is 53.3 Å². The Morgan fingerprint density at radius 3 is 2.75 bits per heavy atom. The third-order valence-corrected chi connectivity index (χ3v) is 4.96. The highest BCUT2D eigenvalue weighted by atomic mass is 32.2. The number of carbonyl (C=O) groups excluding carboxylic acids is 1. The smallest absolute Gasteiger partial charge is 0.266 e. The minimum absolute atomic E-state index is 0.105. The van der Waals surface area contributed by atoms with Gasteiger partial charge in [0, 0.05) is 13.1 Å². The largest absolute Gasteiger partial charge is 0.354 e. The van der Waals surface area contributed by atoms with Gasteiger partial charge < -0.3 is 10.2 Å². The summed E-state index contributed by atoms with van der Waals surface area (Å²) in [5, 5.41) is 3.61. The van der Waals surface area contributed by atoms with Gasteiger partial charge in [0.2, 0.25) is 5.91 Å². The number of para-hydroxylation sites is 1. The Hall–Kier alpha value is -2.71. The number of hydrogen-bond donors (Lipinski definition) is 1. The van der Waals surface area contributed by atoms with Gasteiger partial charge >= 0.3 is 0 Å². The second-order valence-electron chi connectivity index (χ2n) is 6.47. The molecule has 0 saturated carbocycles. The molecule has 0 unspecified atom stereocenters. The van der Waals surface area contributed by atoms with Crippen LogP contribution in [0, 0.1) is 5.82 Å². The summed E-state index contributed by atoms with van der Waals surface area (Å²) in [6, 6.07) is 12.7. The van der Waals surface area contributed by atoms with Crippen molar-refractivity contribution in [2.45, 2.75) is 5.16 Å². The van der Waals surface area contributed by atoms with Gasteiger partial charge in [-0.25, -0.2) is 9.37 Å². The number of benzene rings is 2. The van der Waals surface area contributed by atoms with Crippen LogP contribution in [0.3, 0.4) is 0 Å². The Labute approximate surface area is 166 Å². The van der Waals surface area contributed by atoms with Crippen molar-refractivity contribution in [2.24, 2.45) is 0 Å². The lowest BCUT2D eigenvalue weighted by Crippen LogP contribution is -2.32. The zero-order chi connectivity index (χ0) is 20.1. The van der Waals surface area contributed by atoms with Gasteiger partial charge in [0.05, 0.1) is 22.3 Å². The zero-order valence-electron chi connectivity index (χ0n) is 15.7. The summed E-state index contributed by atoms with van der Waals surface area (Å²) in [7, 11) is 3.86. The molecule has 1 heterocycles. The highest BCUT2D eigenvalue weighted by Crippen LogP contribution is 2.21. The van der Waals surface area contributed by atoms with Crippen molar-refractivity contribution in [3.05, 3.63) is 64.7 Å². The fraction of sp³-hybridized carbons (Fsp3) is 0.250. The molecule has 0 aliphatic carbocycles. The average molecular weight is 400 g/mol. The maximum absolute atomic E-state index is 13.7. The van der Waals surface area contributed by atoms with Crippen molar-refractivity contribution in [3.63, 3.8) is 0 Å². The quantitative estimate of drug-likeness (QED) is 0.487. The fourth-order valence-electron chi connectivity index (χ4n) is 2.65. The molecule has 0 aliphatic heterocycles. The van der Waals surface area contributed by atoms with Crippen LogP contribution in [0.25, 0.3) is 16.6 Å². The van der Waals surface area contributed by atoms with Gasteiger partial charge in [-0.1, -0.05) is 30.0 Å². The first kappa shape index (κ1) is 20.0. The number of fused-ring (bicyclic) bond motifs is 1. The van der Waals surface area contributed by atoms with E-state index < -0.39 is 5.82 Å². The summed E-state index contributed by atoms with van der Waals surface area (Å²) in [6.45, 7) is 1.27. The Morgan fingerprint density at radius 2 is 2.00 bits per heavy atom. The maximum Gasteiger partial charge on any atom is 0.266 e. The minimum Gasteiger partial charge on any atom is -0.354 e. The number of rotatable bonds is 7. The van der Waals surface area contributed by atoms with E-state index in [0.717, 1.165) is 18.3 Å². The number of thioether (sulfide) groups is 1. The lowest BCUT2D eigenvalue weighted by molar-refractivity contribution is -0.118. The van der Waals surface area contributed by atoms with Crippen molar-refractivity contribution in [1.82, 2.24) is 19.8 Å². The van der Waals surface area contributed by atoms with E-state index in [1.165, 1.54) is 22.8 Å². The SMILES string of the molecule is CN(C)CCNC(=O)CSc1nc2ccccc2c(=O)n1-c1cccc(F)c1. The molecule has 0 saturated heterocycles. The topological polar surface area (TPSA) is 67.2 Å². The predicted octanol–water partition coefficient (Wildman–Crippen LogP) is 2.29. The number of aromatic nitrogens is 2. The van der Waals surface area contributed by atoms with E-state index in [-0.39, 0.29) is 17.2 Å². The van der Waals surface area contributed by atoms with Crippen molar-refractivity contribution in [2.75, 3.05) is 32.9 Å². The molecule has 28 heavy (non-hydrogen) atoms. The minimum atomic E-state index is -0.449. The van der Waals surface area contributed by atoms with Gasteiger partial charge in [0.1, 0.15) is 5.82 Å². The van der Waals surface area contributed by atoms with Gasteiger partial charge in [-0.15, -0.1) is 0 Å². The molecule has 146 valence electrons. The average Bonchev–Trinajstić information content (AvgIpc) is 2.66. The van der Waals surface area contributed by atoms with Crippen LogP contribution < -0.4 is 10.9 Å². The number of likely N-dealkylation sites (N-methyl/N-ethyl adjacent to an activating group) is 1. The van der Waals surface area contributed by atoms with Gasteiger partial charge in [0.15, 0.2) is 5.16 Å². The molecule has 0 fully saturated rings. The molecule has 2 aromatic carbocycles. The molecule has 1 N–H and O–H groups in total. The van der Waals surface area contributed by atoms with Gasteiger partial charge in [-0.3, -0.25) is 14.2 Å². The molecule has 0 spiro atoms. The first-order valence-electron chi connectivity index (χ1n) is 8.77. The summed E-state index contributed by atoms with van der Waals surface area (Å²) < 4.78 is 15.1. The summed E-state index contributed by atoms with van der Waals surface area (Å²) in [4.78, 5) is 31.7. The van der Waals surface area contributed by atoms with Crippen LogP contribution in [0.15, 0.2) is 58.5 Å². The normalized spacial score (nSPS) is 11.1. The molecule has 3 rings (SSSR count). The van der Waals surface area contributed by atoms with Crippen LogP contribution in [0.5, 0.6) is 0 Å². The van der Waals surface area contributed by atoms with Crippen LogP contribution in [0.2, 0.25) is 0 Å². The number of carbonyl (C=O) groups is 1. The first-order chi connectivity index (χ1) is 13.5. The van der Waals surface area contributed by atoms with Crippen LogP contribution in [-0.2, 0) is 4.79 Å². The molecule has 0 radical (unpaired) electrons. The Kier molecular flexibility index (Phi) is 6.43. The Morgan fingerprint density at radius 1 is 1.21 bits per heavy atom. The van der Waals surface area contributed by atoms with Crippen molar-refractivity contribution < 1.29 is 9.18 Å². The summed E-state index contributed by atoms with van der Waals surface area (Å²) in [5.41, 5.74) is 0.612. The molecule has 0 aliphatic rings. The standard InChI is InChI=1S/C20H21FN4O2S/c1-24(2)11-10-22-18(26)13-28-20-23-17-9-4-3-8-16(17)19(27)25(20)15-7-5-6-14(21)12-15/h3-9,12H,10-11,13H2,1-2H3,(H,22,26). The Bertz CT molecular complexity index is 1050. The molecule has 0 bridgehead atoms. The molecular weight excluding hydrogens is 379 g/mol. The van der Waals surface area contributed by atoms with Crippen molar-refractivity contribution in [3.8, 4) is 5.69 Å². The van der Waals surface area contributed by atoms with Crippen LogP contribution in [0.1, 0.15) is 0 Å². The van der Waals surface area contributed by atoms with E-state index in [0.29, 0.717) is 28.3 Å². The number of amides is 1. The van der Waals surface area contributed by atoms with E-state index in [9.17, 15) is 14.0 Å². The monoisotopic (exact) mass is 400 g/mol.